The molecule has 0 radical (unpaired) electrons. The maximum absolute atomic E-state index is 2.43. The Morgan fingerprint density at radius 3 is 1.59 bits per heavy atom. The van der Waals surface area contributed by atoms with Crippen LogP contribution in [-0.4, -0.2) is 0 Å². The van der Waals surface area contributed by atoms with Gasteiger partial charge in [0.2, 0.25) is 0 Å². The monoisotopic (exact) mass is 354 g/mol. The van der Waals surface area contributed by atoms with Crippen molar-refractivity contribution in [3.63, 3.8) is 0 Å². The normalized spacial score (nSPS) is 14.0. The van der Waals surface area contributed by atoms with Gasteiger partial charge in [-0.2, -0.15) is 0 Å². The van der Waals surface area contributed by atoms with Gasteiger partial charge in [0.05, 0.1) is 0 Å². The molecule has 2 aliphatic rings. The molecule has 0 atom stereocenters. The van der Waals surface area contributed by atoms with Gasteiger partial charge >= 0.3 is 0 Å². The van der Waals surface area contributed by atoms with Crippen molar-refractivity contribution in [2.24, 2.45) is 0 Å². The highest BCUT2D eigenvalue weighted by Gasteiger charge is 2.26. The molecule has 0 unspecified atom stereocenters. The van der Waals surface area contributed by atoms with E-state index in [2.05, 4.69) is 35.0 Å². The van der Waals surface area contributed by atoms with Gasteiger partial charge in [0, 0.05) is 42.1 Å². The number of hydrogen-bond donors (Lipinski definition) is 0. The van der Waals surface area contributed by atoms with Crippen LogP contribution in [-0.2, 0) is 12.8 Å². The molecule has 0 amide bonds. The van der Waals surface area contributed by atoms with Crippen molar-refractivity contribution in [3.8, 4) is 29.3 Å². The van der Waals surface area contributed by atoms with Crippen molar-refractivity contribution in [2.75, 3.05) is 0 Å². The maximum atomic E-state index is 2.43. The first-order valence-corrected chi connectivity index (χ1v) is 10.7. The van der Waals surface area contributed by atoms with Gasteiger partial charge in [0.25, 0.3) is 0 Å². The van der Waals surface area contributed by atoms with Gasteiger partial charge in [-0.3, -0.25) is 0 Å². The smallest absolute Gasteiger partial charge is 0.0487 e. The molecule has 4 aromatic rings. The fourth-order valence-corrected chi connectivity index (χ4v) is 8.22. The predicted octanol–water partition coefficient (Wildman–Crippen LogP) is 6.74. The molecule has 0 aromatic carbocycles. The van der Waals surface area contributed by atoms with Gasteiger partial charge < -0.3 is 0 Å². The lowest BCUT2D eigenvalue weighted by molar-refractivity contribution is 1.28. The molecular weight excluding hydrogens is 344 g/mol. The van der Waals surface area contributed by atoms with Crippen LogP contribution >= 0.6 is 45.3 Å². The van der Waals surface area contributed by atoms with Crippen LogP contribution in [0.1, 0.15) is 22.3 Å². The first kappa shape index (κ1) is 12.3. The average molecular weight is 355 g/mol. The average Bonchev–Trinajstić information content (AvgIpc) is 3.24. The highest BCUT2D eigenvalue weighted by Crippen LogP contribution is 2.52. The third-order valence-electron chi connectivity index (χ3n) is 4.53. The van der Waals surface area contributed by atoms with E-state index in [9.17, 15) is 0 Å². The molecule has 0 nitrogen and oxygen atoms in total. The Balaban J connectivity index is 1.48. The fraction of sp³-hybridized carbons (Fsp3) is 0.111. The van der Waals surface area contributed by atoms with Crippen LogP contribution in [0.5, 0.6) is 0 Å². The molecule has 6 rings (SSSR count). The number of thiophene rings is 4. The standard InChI is InChI=1S/C18H10S4/c1-3-19-15-9(1)5-11-7-13(21-17(11)15)14-8-12-6-10-2-4-20-16(10)18(12)22-14/h1-4,7-8H,5-6H2. The molecule has 106 valence electrons. The van der Waals surface area contributed by atoms with E-state index in [1.54, 1.807) is 0 Å². The molecular formula is C18H10S4. The maximum Gasteiger partial charge on any atom is 0.0487 e. The molecule has 0 aliphatic heterocycles. The molecule has 2 aliphatic carbocycles. The van der Waals surface area contributed by atoms with Crippen LogP contribution in [0.15, 0.2) is 35.0 Å². The molecule has 0 saturated heterocycles. The quantitative estimate of drug-likeness (QED) is 0.307. The summed E-state index contributed by atoms with van der Waals surface area (Å²) in [5.41, 5.74) is 6.11. The summed E-state index contributed by atoms with van der Waals surface area (Å²) in [5, 5.41) is 4.45. The number of hydrogen-bond acceptors (Lipinski definition) is 4. The summed E-state index contributed by atoms with van der Waals surface area (Å²) in [7, 11) is 0. The summed E-state index contributed by atoms with van der Waals surface area (Å²) in [5.74, 6) is 0. The molecule has 4 heteroatoms. The van der Waals surface area contributed by atoms with E-state index in [1.165, 1.54) is 51.5 Å². The van der Waals surface area contributed by atoms with E-state index in [4.69, 9.17) is 0 Å². The Hall–Kier alpha value is -1.20. The van der Waals surface area contributed by atoms with E-state index in [0.717, 1.165) is 12.8 Å². The molecule has 0 saturated carbocycles. The summed E-state index contributed by atoms with van der Waals surface area (Å²) in [4.78, 5) is 8.98. The highest BCUT2D eigenvalue weighted by molar-refractivity contribution is 7.28. The van der Waals surface area contributed by atoms with E-state index in [-0.39, 0.29) is 0 Å². The Bertz CT molecular complexity index is 953. The summed E-state index contributed by atoms with van der Waals surface area (Å²) < 4.78 is 0. The van der Waals surface area contributed by atoms with Crippen LogP contribution in [0.3, 0.4) is 0 Å². The zero-order valence-corrected chi connectivity index (χ0v) is 14.8. The van der Waals surface area contributed by atoms with Crippen LogP contribution in [0.4, 0.5) is 0 Å². The van der Waals surface area contributed by atoms with Gasteiger partial charge in [0.1, 0.15) is 0 Å². The number of fused-ring (bicyclic) bond motifs is 6. The first-order chi connectivity index (χ1) is 10.9. The third kappa shape index (κ3) is 1.51. The Labute approximate surface area is 144 Å². The second kappa shape index (κ2) is 4.20. The SMILES string of the molecule is c1cc2c(s1)-c1sc(-c3cc4c(s3)-c3sccc3C4)cc1C2. The van der Waals surface area contributed by atoms with E-state index in [0.29, 0.717) is 0 Å². The molecule has 4 aromatic heterocycles. The molecule has 22 heavy (non-hydrogen) atoms. The van der Waals surface area contributed by atoms with Gasteiger partial charge in [-0.05, 0) is 57.3 Å². The number of rotatable bonds is 1. The van der Waals surface area contributed by atoms with Crippen molar-refractivity contribution < 1.29 is 0 Å². The summed E-state index contributed by atoms with van der Waals surface area (Å²) in [6.45, 7) is 0. The van der Waals surface area contributed by atoms with Gasteiger partial charge in [-0.25, -0.2) is 0 Å². The van der Waals surface area contributed by atoms with Crippen molar-refractivity contribution in [1.82, 2.24) is 0 Å². The molecule has 4 heterocycles. The Kier molecular flexibility index (Phi) is 2.34. The lowest BCUT2D eigenvalue weighted by Gasteiger charge is -1.94. The minimum Gasteiger partial charge on any atom is -0.143 e. The minimum absolute atomic E-state index is 1.13. The zero-order chi connectivity index (χ0) is 14.3. The van der Waals surface area contributed by atoms with Crippen molar-refractivity contribution in [2.45, 2.75) is 12.8 Å². The van der Waals surface area contributed by atoms with Crippen LogP contribution in [0, 0.1) is 0 Å². The zero-order valence-electron chi connectivity index (χ0n) is 11.5. The fourth-order valence-electron chi connectivity index (χ4n) is 3.51. The van der Waals surface area contributed by atoms with Gasteiger partial charge in [-0.1, -0.05) is 0 Å². The lowest BCUT2D eigenvalue weighted by Crippen LogP contribution is -1.76. The Morgan fingerprint density at radius 1 is 0.591 bits per heavy atom. The largest absolute Gasteiger partial charge is 0.143 e. The molecule has 0 spiro atoms. The van der Waals surface area contributed by atoms with Crippen LogP contribution < -0.4 is 0 Å². The second-order valence-corrected chi connectivity index (χ2v) is 9.77. The highest BCUT2D eigenvalue weighted by atomic mass is 32.1. The second-order valence-electron chi connectivity index (χ2n) is 5.83. The van der Waals surface area contributed by atoms with Crippen molar-refractivity contribution in [3.05, 3.63) is 57.3 Å². The Morgan fingerprint density at radius 2 is 1.09 bits per heavy atom. The van der Waals surface area contributed by atoms with Crippen molar-refractivity contribution in [1.29, 1.82) is 0 Å². The topological polar surface area (TPSA) is 0 Å². The van der Waals surface area contributed by atoms with Crippen molar-refractivity contribution >= 4 is 45.3 Å². The molecule has 0 fully saturated rings. The predicted molar refractivity (Wildman–Crippen MR) is 99.9 cm³/mol. The van der Waals surface area contributed by atoms with E-state index < -0.39 is 0 Å². The van der Waals surface area contributed by atoms with Gasteiger partial charge in [-0.15, -0.1) is 45.3 Å². The summed E-state index contributed by atoms with van der Waals surface area (Å²) >= 11 is 7.76. The third-order valence-corrected chi connectivity index (χ3v) is 9.32. The van der Waals surface area contributed by atoms with E-state index in [1.807, 2.05) is 45.3 Å². The molecule has 0 N–H and O–H groups in total. The van der Waals surface area contributed by atoms with Crippen LogP contribution in [0.2, 0.25) is 0 Å². The summed E-state index contributed by atoms with van der Waals surface area (Å²) in [6.07, 6.45) is 2.26. The van der Waals surface area contributed by atoms with Gasteiger partial charge in [0.15, 0.2) is 0 Å². The first-order valence-electron chi connectivity index (χ1n) is 7.26. The lowest BCUT2D eigenvalue weighted by atomic mass is 10.2. The summed E-state index contributed by atoms with van der Waals surface area (Å²) in [6, 6.07) is 9.43. The van der Waals surface area contributed by atoms with E-state index >= 15 is 0 Å². The molecule has 0 bridgehead atoms. The minimum atomic E-state index is 1.13. The van der Waals surface area contributed by atoms with Crippen LogP contribution in [0.25, 0.3) is 29.3 Å².